The average Bonchev–Trinajstić information content (AvgIpc) is 3.23. The largest absolute Gasteiger partial charge is 0.410 e. The van der Waals surface area contributed by atoms with Crippen LogP contribution in [0.4, 0.5) is 0 Å². The van der Waals surface area contributed by atoms with E-state index >= 15 is 0 Å². The van der Waals surface area contributed by atoms with Crippen LogP contribution in [0, 0.1) is 17.2 Å². The summed E-state index contributed by atoms with van der Waals surface area (Å²) >= 11 is 2.96. The van der Waals surface area contributed by atoms with E-state index in [2.05, 4.69) is 23.2 Å². The highest BCUT2D eigenvalue weighted by molar-refractivity contribution is 7.99. The smallest absolute Gasteiger partial charge is 0.277 e. The van der Waals surface area contributed by atoms with Gasteiger partial charge in [0, 0.05) is 18.5 Å². The number of fused-ring (bicyclic) bond motifs is 1. The van der Waals surface area contributed by atoms with Crippen LogP contribution in [0.5, 0.6) is 0 Å². The van der Waals surface area contributed by atoms with E-state index in [1.807, 2.05) is 6.07 Å². The number of carbonyl (C=O) groups is 1. The predicted octanol–water partition coefficient (Wildman–Crippen LogP) is 3.39. The van der Waals surface area contributed by atoms with Gasteiger partial charge in [0.15, 0.2) is 0 Å². The Balaban J connectivity index is 1.60. The van der Waals surface area contributed by atoms with E-state index in [9.17, 15) is 4.79 Å². The number of aromatic nitrogens is 2. The second kappa shape index (κ2) is 8.02. The van der Waals surface area contributed by atoms with Gasteiger partial charge >= 0.3 is 0 Å². The molecule has 0 spiro atoms. The number of aryl methyl sites for hydroxylation is 1. The fraction of sp³-hybridized carbons (Fsp3) is 0.529. The number of thiophene rings is 1. The quantitative estimate of drug-likeness (QED) is 0.719. The molecule has 2 aromatic heterocycles. The normalized spacial score (nSPS) is 16.3. The summed E-state index contributed by atoms with van der Waals surface area (Å²) in [6.07, 6.45) is 3.81. The lowest BCUT2D eigenvalue weighted by Gasteiger charge is -2.16. The van der Waals surface area contributed by atoms with Crippen molar-refractivity contribution in [1.29, 1.82) is 5.26 Å². The van der Waals surface area contributed by atoms with Crippen LogP contribution in [-0.4, -0.2) is 40.3 Å². The fourth-order valence-corrected chi connectivity index (χ4v) is 4.59. The molecule has 0 aliphatic heterocycles. The second-order valence-electron chi connectivity index (χ2n) is 6.29. The maximum atomic E-state index is 12.0. The summed E-state index contributed by atoms with van der Waals surface area (Å²) in [6.45, 7) is 2.72. The monoisotopic (exact) mass is 376 g/mol. The highest BCUT2D eigenvalue weighted by atomic mass is 32.2. The third-order valence-corrected chi connectivity index (χ3v) is 6.28. The van der Waals surface area contributed by atoms with Crippen molar-refractivity contribution in [3.05, 3.63) is 16.5 Å². The van der Waals surface area contributed by atoms with Crippen molar-refractivity contribution in [1.82, 2.24) is 15.1 Å². The molecule has 0 saturated heterocycles. The van der Waals surface area contributed by atoms with Crippen molar-refractivity contribution < 1.29 is 9.21 Å². The fourth-order valence-electron chi connectivity index (χ4n) is 2.75. The molecule has 0 N–H and O–H groups in total. The zero-order valence-electron chi connectivity index (χ0n) is 14.3. The molecule has 1 atom stereocenters. The van der Waals surface area contributed by atoms with Crippen LogP contribution < -0.4 is 0 Å². The summed E-state index contributed by atoms with van der Waals surface area (Å²) in [7, 11) is 1.69. The molecule has 0 aromatic carbocycles. The summed E-state index contributed by atoms with van der Waals surface area (Å²) in [5.41, 5.74) is 1.40. The second-order valence-corrected chi connectivity index (χ2v) is 8.36. The van der Waals surface area contributed by atoms with E-state index in [1.54, 1.807) is 23.3 Å². The van der Waals surface area contributed by atoms with Gasteiger partial charge in [0.05, 0.1) is 23.1 Å². The first kappa shape index (κ1) is 18.0. The molecule has 2 aromatic rings. The first-order valence-electron chi connectivity index (χ1n) is 8.26. The van der Waals surface area contributed by atoms with Crippen molar-refractivity contribution in [2.24, 2.45) is 5.92 Å². The van der Waals surface area contributed by atoms with Gasteiger partial charge < -0.3 is 9.32 Å². The SMILES string of the molecule is C[C@@H]1CCc2sc(-c3nnc(SCC(=O)N(C)CCC#N)o3)cc2C1. The Hall–Kier alpha value is -1.85. The zero-order valence-corrected chi connectivity index (χ0v) is 16.0. The number of nitrogens with zero attached hydrogens (tertiary/aromatic N) is 4. The zero-order chi connectivity index (χ0) is 17.8. The molecule has 2 heterocycles. The Bertz CT molecular complexity index is 793. The standard InChI is InChI=1S/C17H20N4O2S2/c1-11-4-5-13-12(8-11)9-14(25-13)16-19-20-17(23-16)24-10-15(22)21(2)7-3-6-18/h9,11H,3-5,7-8,10H2,1-2H3/t11-/m1/s1. The number of hydrogen-bond acceptors (Lipinski definition) is 7. The van der Waals surface area contributed by atoms with E-state index in [0.29, 0.717) is 24.1 Å². The van der Waals surface area contributed by atoms with Crippen LogP contribution in [0.15, 0.2) is 15.7 Å². The number of hydrogen-bond donors (Lipinski definition) is 0. The molecule has 0 unspecified atom stereocenters. The van der Waals surface area contributed by atoms with Gasteiger partial charge in [-0.25, -0.2) is 0 Å². The van der Waals surface area contributed by atoms with Crippen LogP contribution in [0.3, 0.4) is 0 Å². The van der Waals surface area contributed by atoms with E-state index in [0.717, 1.165) is 23.6 Å². The van der Waals surface area contributed by atoms with Crippen LogP contribution in [0.1, 0.15) is 30.2 Å². The molecule has 0 bridgehead atoms. The Morgan fingerprint density at radius 2 is 2.40 bits per heavy atom. The molecule has 8 heteroatoms. The minimum atomic E-state index is -0.0550. The summed E-state index contributed by atoms with van der Waals surface area (Å²) in [5.74, 6) is 1.43. The van der Waals surface area contributed by atoms with Gasteiger partial charge in [0.25, 0.3) is 11.1 Å². The van der Waals surface area contributed by atoms with Crippen molar-refractivity contribution >= 4 is 29.0 Å². The first-order valence-corrected chi connectivity index (χ1v) is 10.1. The number of thioether (sulfide) groups is 1. The molecule has 3 rings (SSSR count). The maximum Gasteiger partial charge on any atom is 0.277 e. The lowest BCUT2D eigenvalue weighted by atomic mass is 9.90. The minimum absolute atomic E-state index is 0.0550. The third-order valence-electron chi connectivity index (χ3n) is 4.25. The molecule has 1 amide bonds. The number of amides is 1. The molecular formula is C17H20N4O2S2. The van der Waals surface area contributed by atoms with Crippen molar-refractivity contribution in [3.63, 3.8) is 0 Å². The topological polar surface area (TPSA) is 83.0 Å². The molecule has 1 aliphatic carbocycles. The maximum absolute atomic E-state index is 12.0. The van der Waals surface area contributed by atoms with Crippen molar-refractivity contribution in [3.8, 4) is 16.8 Å². The van der Waals surface area contributed by atoms with Gasteiger partial charge in [-0.3, -0.25) is 4.79 Å². The van der Waals surface area contributed by atoms with Gasteiger partial charge in [0.1, 0.15) is 0 Å². The van der Waals surface area contributed by atoms with Gasteiger partial charge in [-0.15, -0.1) is 21.5 Å². The van der Waals surface area contributed by atoms with E-state index in [1.165, 1.54) is 28.6 Å². The highest BCUT2D eigenvalue weighted by Gasteiger charge is 2.21. The molecule has 0 fully saturated rings. The van der Waals surface area contributed by atoms with Crippen molar-refractivity contribution in [2.75, 3.05) is 19.3 Å². The lowest BCUT2D eigenvalue weighted by Crippen LogP contribution is -2.29. The number of rotatable bonds is 6. The average molecular weight is 377 g/mol. The molecule has 0 saturated carbocycles. The van der Waals surface area contributed by atoms with Crippen molar-refractivity contribution in [2.45, 2.75) is 37.8 Å². The Labute approximate surface area is 155 Å². The third kappa shape index (κ3) is 4.41. The summed E-state index contributed by atoms with van der Waals surface area (Å²) < 4.78 is 5.71. The number of carbonyl (C=O) groups excluding carboxylic acids is 1. The highest BCUT2D eigenvalue weighted by Crippen LogP contribution is 2.37. The van der Waals surface area contributed by atoms with Gasteiger partial charge in [-0.2, -0.15) is 5.26 Å². The molecule has 0 radical (unpaired) electrons. The Morgan fingerprint density at radius 1 is 1.56 bits per heavy atom. The van der Waals surface area contributed by atoms with Crippen LogP contribution in [0.25, 0.3) is 10.8 Å². The molecule has 132 valence electrons. The van der Waals surface area contributed by atoms with Crippen LogP contribution >= 0.6 is 23.1 Å². The van der Waals surface area contributed by atoms with Gasteiger partial charge in [-0.1, -0.05) is 18.7 Å². The first-order chi connectivity index (χ1) is 12.1. The lowest BCUT2D eigenvalue weighted by molar-refractivity contribution is -0.127. The Morgan fingerprint density at radius 3 is 3.20 bits per heavy atom. The van der Waals surface area contributed by atoms with E-state index in [4.69, 9.17) is 9.68 Å². The van der Waals surface area contributed by atoms with Crippen LogP contribution in [0.2, 0.25) is 0 Å². The molecule has 25 heavy (non-hydrogen) atoms. The minimum Gasteiger partial charge on any atom is -0.410 e. The van der Waals surface area contributed by atoms with E-state index < -0.39 is 0 Å². The summed E-state index contributed by atoms with van der Waals surface area (Å²) in [4.78, 5) is 15.9. The number of nitriles is 1. The molecule has 6 nitrogen and oxygen atoms in total. The Kier molecular flexibility index (Phi) is 5.76. The molecule has 1 aliphatic rings. The van der Waals surface area contributed by atoms with E-state index in [-0.39, 0.29) is 11.7 Å². The van der Waals surface area contributed by atoms with Gasteiger partial charge in [0.2, 0.25) is 5.91 Å². The van der Waals surface area contributed by atoms with Crippen LogP contribution in [-0.2, 0) is 17.6 Å². The van der Waals surface area contributed by atoms with Gasteiger partial charge in [-0.05, 0) is 36.8 Å². The predicted molar refractivity (Wildman–Crippen MR) is 97.4 cm³/mol. The summed E-state index contributed by atoms with van der Waals surface area (Å²) in [5, 5.41) is 17.1. The summed E-state index contributed by atoms with van der Waals surface area (Å²) in [6, 6.07) is 4.20. The molecular weight excluding hydrogens is 356 g/mol.